The highest BCUT2D eigenvalue weighted by Gasteiger charge is 2.22. The van der Waals surface area contributed by atoms with Gasteiger partial charge in [0.15, 0.2) is 0 Å². The van der Waals surface area contributed by atoms with Gasteiger partial charge in [0.05, 0.1) is 5.92 Å². The standard InChI is InChI=1S/C7H15N3O/c1-10-4-2-3-6(5-10)7(11)9-8/h6H,2-5,8H2,1H3,(H,9,11). The molecule has 1 heterocycles. The molecular weight excluding hydrogens is 142 g/mol. The fourth-order valence-corrected chi connectivity index (χ4v) is 1.50. The molecule has 64 valence electrons. The van der Waals surface area contributed by atoms with E-state index in [0.29, 0.717) is 0 Å². The highest BCUT2D eigenvalue weighted by atomic mass is 16.2. The third kappa shape index (κ3) is 2.17. The van der Waals surface area contributed by atoms with Crippen LogP contribution in [0.15, 0.2) is 0 Å². The molecule has 0 spiro atoms. The number of hydrogen-bond acceptors (Lipinski definition) is 3. The lowest BCUT2D eigenvalue weighted by molar-refractivity contribution is -0.126. The Bertz CT molecular complexity index is 149. The Kier molecular flexibility index (Phi) is 2.84. The molecule has 0 radical (unpaired) electrons. The van der Waals surface area contributed by atoms with Crippen molar-refractivity contribution in [3.8, 4) is 0 Å². The van der Waals surface area contributed by atoms with Crippen LogP contribution >= 0.6 is 0 Å². The summed E-state index contributed by atoms with van der Waals surface area (Å²) in [6.45, 7) is 1.93. The van der Waals surface area contributed by atoms with E-state index >= 15 is 0 Å². The number of likely N-dealkylation sites (tertiary alicyclic amines) is 1. The first-order chi connectivity index (χ1) is 5.24. The molecule has 11 heavy (non-hydrogen) atoms. The molecule has 4 heteroatoms. The van der Waals surface area contributed by atoms with Crippen molar-refractivity contribution in [2.75, 3.05) is 20.1 Å². The van der Waals surface area contributed by atoms with Gasteiger partial charge in [-0.15, -0.1) is 0 Å². The summed E-state index contributed by atoms with van der Waals surface area (Å²) in [6.07, 6.45) is 2.06. The van der Waals surface area contributed by atoms with Gasteiger partial charge in [-0.25, -0.2) is 5.84 Å². The van der Waals surface area contributed by atoms with Crippen LogP contribution in [0, 0.1) is 5.92 Å². The SMILES string of the molecule is CN1CCCC(C(=O)NN)C1. The van der Waals surface area contributed by atoms with Gasteiger partial charge < -0.3 is 4.90 Å². The molecule has 4 nitrogen and oxygen atoms in total. The minimum absolute atomic E-state index is 0.0310. The fourth-order valence-electron chi connectivity index (χ4n) is 1.50. The maximum absolute atomic E-state index is 11.0. The number of hydrazine groups is 1. The highest BCUT2D eigenvalue weighted by molar-refractivity contribution is 5.78. The molecule has 0 saturated carbocycles. The summed E-state index contributed by atoms with van der Waals surface area (Å²) in [5.74, 6) is 5.10. The Labute approximate surface area is 66.7 Å². The Balaban J connectivity index is 2.39. The molecule has 0 aromatic rings. The number of nitrogens with two attached hydrogens (primary N) is 1. The average molecular weight is 157 g/mol. The zero-order chi connectivity index (χ0) is 8.27. The van der Waals surface area contributed by atoms with Crippen LogP contribution in [0.3, 0.4) is 0 Å². The monoisotopic (exact) mass is 157 g/mol. The smallest absolute Gasteiger partial charge is 0.238 e. The maximum atomic E-state index is 11.0. The largest absolute Gasteiger partial charge is 0.306 e. The molecular formula is C7H15N3O. The molecule has 0 aromatic heterocycles. The van der Waals surface area contributed by atoms with Crippen LogP contribution in [-0.4, -0.2) is 30.9 Å². The van der Waals surface area contributed by atoms with Gasteiger partial charge in [0.25, 0.3) is 0 Å². The van der Waals surface area contributed by atoms with Gasteiger partial charge in [-0.2, -0.15) is 0 Å². The zero-order valence-corrected chi connectivity index (χ0v) is 6.84. The van der Waals surface area contributed by atoms with Gasteiger partial charge >= 0.3 is 0 Å². The van der Waals surface area contributed by atoms with E-state index < -0.39 is 0 Å². The van der Waals surface area contributed by atoms with E-state index in [1.165, 1.54) is 0 Å². The number of carbonyl (C=O) groups excluding carboxylic acids is 1. The van der Waals surface area contributed by atoms with Crippen molar-refractivity contribution in [1.82, 2.24) is 10.3 Å². The van der Waals surface area contributed by atoms with Crippen molar-refractivity contribution in [3.05, 3.63) is 0 Å². The molecule has 1 aliphatic rings. The van der Waals surface area contributed by atoms with E-state index in [9.17, 15) is 4.79 Å². The number of nitrogens with zero attached hydrogens (tertiary/aromatic N) is 1. The van der Waals surface area contributed by atoms with E-state index in [0.717, 1.165) is 25.9 Å². The van der Waals surface area contributed by atoms with Crippen LogP contribution in [-0.2, 0) is 4.79 Å². The van der Waals surface area contributed by atoms with Crippen LogP contribution < -0.4 is 11.3 Å². The van der Waals surface area contributed by atoms with E-state index in [2.05, 4.69) is 10.3 Å². The predicted octanol–water partition coefficient (Wildman–Crippen LogP) is -0.682. The van der Waals surface area contributed by atoms with Crippen molar-refractivity contribution in [2.45, 2.75) is 12.8 Å². The lowest BCUT2D eigenvalue weighted by atomic mass is 9.98. The lowest BCUT2D eigenvalue weighted by Crippen LogP contribution is -2.43. The van der Waals surface area contributed by atoms with Crippen molar-refractivity contribution in [1.29, 1.82) is 0 Å². The van der Waals surface area contributed by atoms with E-state index in [1.807, 2.05) is 7.05 Å². The lowest BCUT2D eigenvalue weighted by Gasteiger charge is -2.28. The van der Waals surface area contributed by atoms with Crippen molar-refractivity contribution >= 4 is 5.91 Å². The molecule has 1 amide bonds. The molecule has 1 rings (SSSR count). The number of piperidine rings is 1. The summed E-state index contributed by atoms with van der Waals surface area (Å²) in [4.78, 5) is 13.2. The van der Waals surface area contributed by atoms with Crippen LogP contribution in [0.25, 0.3) is 0 Å². The van der Waals surface area contributed by atoms with E-state index in [4.69, 9.17) is 5.84 Å². The summed E-state index contributed by atoms with van der Waals surface area (Å²) in [5, 5.41) is 0. The van der Waals surface area contributed by atoms with Gasteiger partial charge in [-0.1, -0.05) is 0 Å². The first-order valence-electron chi connectivity index (χ1n) is 3.93. The molecule has 0 aromatic carbocycles. The van der Waals surface area contributed by atoms with Gasteiger partial charge in [-0.05, 0) is 26.4 Å². The van der Waals surface area contributed by atoms with Crippen LogP contribution in [0.2, 0.25) is 0 Å². The third-order valence-corrected chi connectivity index (χ3v) is 2.14. The summed E-state index contributed by atoms with van der Waals surface area (Å²) in [6, 6.07) is 0. The number of hydrogen-bond donors (Lipinski definition) is 2. The highest BCUT2D eigenvalue weighted by Crippen LogP contribution is 2.14. The second-order valence-electron chi connectivity index (χ2n) is 3.11. The van der Waals surface area contributed by atoms with Crippen LogP contribution in [0.1, 0.15) is 12.8 Å². The molecule has 1 fully saturated rings. The molecule has 1 aliphatic heterocycles. The number of rotatable bonds is 1. The first-order valence-corrected chi connectivity index (χ1v) is 3.93. The molecule has 0 bridgehead atoms. The van der Waals surface area contributed by atoms with Gasteiger partial charge in [-0.3, -0.25) is 10.2 Å². The molecule has 1 saturated heterocycles. The maximum Gasteiger partial charge on any atom is 0.238 e. The summed E-state index contributed by atoms with van der Waals surface area (Å²) < 4.78 is 0. The Morgan fingerprint density at radius 1 is 1.73 bits per heavy atom. The second kappa shape index (κ2) is 3.69. The Morgan fingerprint density at radius 2 is 2.45 bits per heavy atom. The molecule has 1 atom stereocenters. The van der Waals surface area contributed by atoms with E-state index in [1.54, 1.807) is 0 Å². The number of amides is 1. The quantitative estimate of drug-likeness (QED) is 0.301. The minimum Gasteiger partial charge on any atom is -0.306 e. The summed E-state index contributed by atoms with van der Waals surface area (Å²) >= 11 is 0. The van der Waals surface area contributed by atoms with Crippen LogP contribution in [0.5, 0.6) is 0 Å². The summed E-state index contributed by atoms with van der Waals surface area (Å²) in [5.41, 5.74) is 2.19. The Morgan fingerprint density at radius 3 is 3.00 bits per heavy atom. The van der Waals surface area contributed by atoms with Crippen molar-refractivity contribution < 1.29 is 4.79 Å². The average Bonchev–Trinajstić information content (AvgIpc) is 2.03. The van der Waals surface area contributed by atoms with Crippen molar-refractivity contribution in [2.24, 2.45) is 11.8 Å². The second-order valence-corrected chi connectivity index (χ2v) is 3.11. The number of carbonyl (C=O) groups is 1. The predicted molar refractivity (Wildman–Crippen MR) is 42.6 cm³/mol. The van der Waals surface area contributed by atoms with Gasteiger partial charge in [0, 0.05) is 6.54 Å². The number of nitrogens with one attached hydrogen (secondary N) is 1. The fraction of sp³-hybridized carbons (Fsp3) is 0.857. The minimum atomic E-state index is -0.0310. The normalized spacial score (nSPS) is 26.5. The Hall–Kier alpha value is -0.610. The third-order valence-electron chi connectivity index (χ3n) is 2.14. The van der Waals surface area contributed by atoms with Gasteiger partial charge in [0.2, 0.25) is 5.91 Å². The first kappa shape index (κ1) is 8.49. The van der Waals surface area contributed by atoms with Crippen molar-refractivity contribution in [3.63, 3.8) is 0 Å². The zero-order valence-electron chi connectivity index (χ0n) is 6.84. The summed E-state index contributed by atoms with van der Waals surface area (Å²) in [7, 11) is 2.02. The molecule has 0 aliphatic carbocycles. The molecule has 3 N–H and O–H groups in total. The van der Waals surface area contributed by atoms with E-state index in [-0.39, 0.29) is 11.8 Å². The molecule has 1 unspecified atom stereocenters. The van der Waals surface area contributed by atoms with Gasteiger partial charge in [0.1, 0.15) is 0 Å². The topological polar surface area (TPSA) is 58.4 Å². The van der Waals surface area contributed by atoms with Crippen LogP contribution in [0.4, 0.5) is 0 Å².